The average molecular weight is 268 g/mol. The lowest BCUT2D eigenvalue weighted by molar-refractivity contribution is -0.151. The van der Waals surface area contributed by atoms with Crippen molar-refractivity contribution < 1.29 is 19.4 Å². The molecule has 1 rings (SSSR count). The molecule has 4 nitrogen and oxygen atoms in total. The molecule has 0 saturated carbocycles. The molecule has 18 heavy (non-hydrogen) atoms. The molecule has 0 radical (unpaired) electrons. The van der Waals surface area contributed by atoms with Crippen molar-refractivity contribution >= 4 is 23.7 Å². The van der Waals surface area contributed by atoms with Gasteiger partial charge in [0.1, 0.15) is 5.60 Å². The van der Waals surface area contributed by atoms with Crippen molar-refractivity contribution in [2.24, 2.45) is 0 Å². The summed E-state index contributed by atoms with van der Waals surface area (Å²) >= 11 is 1.32. The standard InChI is InChI=1S/C13H16O4S/c1-13(2,3)17-11(14)8-18-10-6-4-9(5-7-10)12(15)16/h4-7H,8H2,1-3H3,(H,15,16). The highest BCUT2D eigenvalue weighted by molar-refractivity contribution is 8.00. The second-order valence-electron chi connectivity index (χ2n) is 4.70. The van der Waals surface area contributed by atoms with E-state index < -0.39 is 11.6 Å². The average Bonchev–Trinajstić information content (AvgIpc) is 2.24. The van der Waals surface area contributed by atoms with Crippen LogP contribution in [0.5, 0.6) is 0 Å². The lowest BCUT2D eigenvalue weighted by atomic mass is 10.2. The molecule has 0 unspecified atom stereocenters. The number of esters is 1. The minimum absolute atomic E-state index is 0.212. The Morgan fingerprint density at radius 2 is 1.78 bits per heavy atom. The van der Waals surface area contributed by atoms with E-state index in [2.05, 4.69) is 0 Å². The Kier molecular flexibility index (Phi) is 4.78. The minimum atomic E-state index is -0.960. The van der Waals surface area contributed by atoms with Gasteiger partial charge < -0.3 is 9.84 Å². The number of hydrogen-bond donors (Lipinski definition) is 1. The smallest absolute Gasteiger partial charge is 0.335 e. The molecule has 0 fully saturated rings. The van der Waals surface area contributed by atoms with Gasteiger partial charge in [0, 0.05) is 4.90 Å². The van der Waals surface area contributed by atoms with Gasteiger partial charge in [-0.1, -0.05) is 0 Å². The molecule has 0 heterocycles. The predicted octanol–water partition coefficient (Wildman–Crippen LogP) is 2.82. The Bertz CT molecular complexity index is 431. The molecule has 0 aliphatic rings. The number of aromatic carboxylic acids is 1. The van der Waals surface area contributed by atoms with Gasteiger partial charge in [-0.25, -0.2) is 4.79 Å². The Morgan fingerprint density at radius 3 is 2.22 bits per heavy atom. The summed E-state index contributed by atoms with van der Waals surface area (Å²) < 4.78 is 5.17. The lowest BCUT2D eigenvalue weighted by Crippen LogP contribution is -2.24. The zero-order valence-corrected chi connectivity index (χ0v) is 11.4. The topological polar surface area (TPSA) is 63.6 Å². The van der Waals surface area contributed by atoms with Gasteiger partial charge in [0.05, 0.1) is 11.3 Å². The number of thioether (sulfide) groups is 1. The lowest BCUT2D eigenvalue weighted by Gasteiger charge is -2.19. The molecule has 0 aliphatic heterocycles. The van der Waals surface area contributed by atoms with Crippen molar-refractivity contribution in [2.75, 3.05) is 5.75 Å². The molecule has 0 spiro atoms. The van der Waals surface area contributed by atoms with Crippen LogP contribution in [0.4, 0.5) is 0 Å². The Labute approximate surface area is 110 Å². The molecule has 1 aromatic carbocycles. The first-order valence-electron chi connectivity index (χ1n) is 5.46. The van der Waals surface area contributed by atoms with E-state index in [0.717, 1.165) is 4.90 Å². The molecular weight excluding hydrogens is 252 g/mol. The van der Waals surface area contributed by atoms with Crippen molar-refractivity contribution in [2.45, 2.75) is 31.3 Å². The molecule has 5 heteroatoms. The van der Waals surface area contributed by atoms with Crippen LogP contribution in [-0.4, -0.2) is 28.4 Å². The van der Waals surface area contributed by atoms with Gasteiger partial charge in [-0.05, 0) is 45.0 Å². The minimum Gasteiger partial charge on any atom is -0.478 e. The van der Waals surface area contributed by atoms with Crippen LogP contribution in [-0.2, 0) is 9.53 Å². The Hall–Kier alpha value is -1.49. The van der Waals surface area contributed by atoms with Crippen molar-refractivity contribution in [3.8, 4) is 0 Å². The third-order valence-corrected chi connectivity index (χ3v) is 2.86. The molecule has 0 aliphatic carbocycles. The van der Waals surface area contributed by atoms with Gasteiger partial charge in [0.15, 0.2) is 0 Å². The van der Waals surface area contributed by atoms with Crippen LogP contribution >= 0.6 is 11.8 Å². The highest BCUT2D eigenvalue weighted by Gasteiger charge is 2.16. The summed E-state index contributed by atoms with van der Waals surface area (Å²) in [6.07, 6.45) is 0. The summed E-state index contributed by atoms with van der Waals surface area (Å²) in [6, 6.07) is 6.39. The van der Waals surface area contributed by atoms with E-state index in [9.17, 15) is 9.59 Å². The molecule has 0 atom stereocenters. The van der Waals surface area contributed by atoms with Crippen molar-refractivity contribution in [3.63, 3.8) is 0 Å². The number of carbonyl (C=O) groups is 2. The zero-order chi connectivity index (χ0) is 13.8. The third kappa shape index (κ3) is 5.23. The molecule has 0 saturated heterocycles. The predicted molar refractivity (Wildman–Crippen MR) is 70.0 cm³/mol. The summed E-state index contributed by atoms with van der Waals surface area (Å²) in [6.45, 7) is 5.45. The SMILES string of the molecule is CC(C)(C)OC(=O)CSc1ccc(C(=O)O)cc1. The van der Waals surface area contributed by atoms with Gasteiger partial charge in [-0.3, -0.25) is 4.79 Å². The molecule has 98 valence electrons. The number of carboxylic acid groups (broad SMARTS) is 1. The molecule has 0 aromatic heterocycles. The first kappa shape index (κ1) is 14.6. The fourth-order valence-electron chi connectivity index (χ4n) is 1.21. The second-order valence-corrected chi connectivity index (χ2v) is 5.75. The maximum Gasteiger partial charge on any atom is 0.335 e. The van der Waals surface area contributed by atoms with E-state index in [1.807, 2.05) is 20.8 Å². The van der Waals surface area contributed by atoms with Gasteiger partial charge >= 0.3 is 11.9 Å². The summed E-state index contributed by atoms with van der Waals surface area (Å²) in [5, 5.41) is 8.74. The maximum absolute atomic E-state index is 11.5. The van der Waals surface area contributed by atoms with Gasteiger partial charge in [-0.15, -0.1) is 11.8 Å². The van der Waals surface area contributed by atoms with Crippen LogP contribution in [0.3, 0.4) is 0 Å². The van der Waals surface area contributed by atoms with E-state index in [1.54, 1.807) is 12.1 Å². The van der Waals surface area contributed by atoms with Crippen LogP contribution in [0.15, 0.2) is 29.2 Å². The molecule has 1 N–H and O–H groups in total. The Morgan fingerprint density at radius 1 is 1.22 bits per heavy atom. The van der Waals surface area contributed by atoms with Crippen molar-refractivity contribution in [1.29, 1.82) is 0 Å². The van der Waals surface area contributed by atoms with Crippen LogP contribution in [0.2, 0.25) is 0 Å². The number of carboxylic acids is 1. The normalized spacial score (nSPS) is 11.1. The number of rotatable bonds is 4. The van der Waals surface area contributed by atoms with Crippen LogP contribution in [0.1, 0.15) is 31.1 Å². The van der Waals surface area contributed by atoms with E-state index in [1.165, 1.54) is 23.9 Å². The van der Waals surface area contributed by atoms with Crippen LogP contribution < -0.4 is 0 Å². The van der Waals surface area contributed by atoms with Gasteiger partial charge in [0.2, 0.25) is 0 Å². The third-order valence-electron chi connectivity index (χ3n) is 1.88. The summed E-state index contributed by atoms with van der Waals surface area (Å²) in [5.74, 6) is -1.03. The van der Waals surface area contributed by atoms with E-state index in [-0.39, 0.29) is 17.3 Å². The number of hydrogen-bond acceptors (Lipinski definition) is 4. The first-order valence-corrected chi connectivity index (χ1v) is 6.44. The molecule has 0 amide bonds. The van der Waals surface area contributed by atoms with Gasteiger partial charge in [0.25, 0.3) is 0 Å². The monoisotopic (exact) mass is 268 g/mol. The Balaban J connectivity index is 2.49. The largest absolute Gasteiger partial charge is 0.478 e. The van der Waals surface area contributed by atoms with Crippen molar-refractivity contribution in [3.05, 3.63) is 29.8 Å². The molecular formula is C13H16O4S. The van der Waals surface area contributed by atoms with E-state index in [4.69, 9.17) is 9.84 Å². The highest BCUT2D eigenvalue weighted by Crippen LogP contribution is 2.19. The number of ether oxygens (including phenoxy) is 1. The summed E-state index contributed by atoms with van der Waals surface area (Å²) in [4.78, 5) is 23.0. The van der Waals surface area contributed by atoms with Crippen LogP contribution in [0, 0.1) is 0 Å². The van der Waals surface area contributed by atoms with Crippen molar-refractivity contribution in [1.82, 2.24) is 0 Å². The van der Waals surface area contributed by atoms with Crippen LogP contribution in [0.25, 0.3) is 0 Å². The van der Waals surface area contributed by atoms with Gasteiger partial charge in [-0.2, -0.15) is 0 Å². The summed E-state index contributed by atoms with van der Waals surface area (Å²) in [7, 11) is 0. The van der Waals surface area contributed by atoms with E-state index in [0.29, 0.717) is 0 Å². The highest BCUT2D eigenvalue weighted by atomic mass is 32.2. The first-order chi connectivity index (χ1) is 8.28. The maximum atomic E-state index is 11.5. The fourth-order valence-corrected chi connectivity index (χ4v) is 1.88. The number of benzene rings is 1. The number of carbonyl (C=O) groups excluding carboxylic acids is 1. The second kappa shape index (κ2) is 5.91. The zero-order valence-electron chi connectivity index (χ0n) is 10.6. The molecule has 0 bridgehead atoms. The molecule has 1 aromatic rings. The fraction of sp³-hybridized carbons (Fsp3) is 0.385. The van der Waals surface area contributed by atoms with E-state index >= 15 is 0 Å². The quantitative estimate of drug-likeness (QED) is 0.672. The summed E-state index contributed by atoms with van der Waals surface area (Å²) in [5.41, 5.74) is -0.248.